The Morgan fingerprint density at radius 2 is 1.73 bits per heavy atom. The summed E-state index contributed by atoms with van der Waals surface area (Å²) in [5, 5.41) is 0. The summed E-state index contributed by atoms with van der Waals surface area (Å²) in [6.45, 7) is 14.2. The van der Waals surface area contributed by atoms with E-state index in [0.717, 1.165) is 17.4 Å². The standard InChI is InChI=1S/C22H32/c1-6-9-22(21(7-2)17-12-18(3)4)11-8-10-20-15-13-19(5)14-16-20/h6-9,11-12,17,19-20H,1,3,10,13-16H2,2,4-5H3/b11-8-,17-12-,21-7+,22-9+. The van der Waals surface area contributed by atoms with Gasteiger partial charge >= 0.3 is 0 Å². The maximum absolute atomic E-state index is 3.92. The summed E-state index contributed by atoms with van der Waals surface area (Å²) in [5.74, 6) is 1.80. The van der Waals surface area contributed by atoms with Crippen LogP contribution in [0.1, 0.15) is 52.9 Å². The topological polar surface area (TPSA) is 0 Å². The van der Waals surface area contributed by atoms with Crippen molar-refractivity contribution in [2.75, 3.05) is 0 Å². The zero-order chi connectivity index (χ0) is 16.4. The van der Waals surface area contributed by atoms with Crippen LogP contribution in [0.4, 0.5) is 0 Å². The van der Waals surface area contributed by atoms with E-state index >= 15 is 0 Å². The molecule has 0 aromatic rings. The fourth-order valence-electron chi connectivity index (χ4n) is 2.92. The van der Waals surface area contributed by atoms with Gasteiger partial charge < -0.3 is 0 Å². The van der Waals surface area contributed by atoms with Crippen LogP contribution in [0.25, 0.3) is 0 Å². The molecule has 0 aromatic heterocycles. The largest absolute Gasteiger partial charge is 0.0990 e. The van der Waals surface area contributed by atoms with Crippen LogP contribution >= 0.6 is 0 Å². The Balaban J connectivity index is 2.67. The molecule has 0 heterocycles. The van der Waals surface area contributed by atoms with Gasteiger partial charge in [-0.25, -0.2) is 0 Å². The van der Waals surface area contributed by atoms with E-state index in [1.54, 1.807) is 0 Å². The van der Waals surface area contributed by atoms with Crippen molar-refractivity contribution in [3.63, 3.8) is 0 Å². The number of rotatable bonds is 7. The third-order valence-electron chi connectivity index (χ3n) is 4.39. The van der Waals surface area contributed by atoms with E-state index in [9.17, 15) is 0 Å². The van der Waals surface area contributed by atoms with Gasteiger partial charge in [-0.1, -0.05) is 81.0 Å². The molecular weight excluding hydrogens is 264 g/mol. The molecule has 0 amide bonds. The maximum Gasteiger partial charge on any atom is -0.0191 e. The highest BCUT2D eigenvalue weighted by Crippen LogP contribution is 2.30. The molecule has 1 aliphatic rings. The van der Waals surface area contributed by atoms with Crippen LogP contribution in [0, 0.1) is 11.8 Å². The van der Waals surface area contributed by atoms with E-state index in [0.29, 0.717) is 0 Å². The van der Waals surface area contributed by atoms with E-state index in [1.165, 1.54) is 43.3 Å². The van der Waals surface area contributed by atoms with Crippen molar-refractivity contribution >= 4 is 0 Å². The van der Waals surface area contributed by atoms with Crippen LogP contribution in [0.5, 0.6) is 0 Å². The monoisotopic (exact) mass is 296 g/mol. The van der Waals surface area contributed by atoms with E-state index in [1.807, 2.05) is 13.0 Å². The zero-order valence-electron chi connectivity index (χ0n) is 14.6. The molecule has 0 N–H and O–H groups in total. The first-order chi connectivity index (χ1) is 10.6. The predicted octanol–water partition coefficient (Wildman–Crippen LogP) is 6.95. The average molecular weight is 296 g/mol. The predicted molar refractivity (Wildman–Crippen MR) is 101 cm³/mol. The highest BCUT2D eigenvalue weighted by atomic mass is 14.2. The highest BCUT2D eigenvalue weighted by Gasteiger charge is 2.16. The highest BCUT2D eigenvalue weighted by molar-refractivity contribution is 5.48. The van der Waals surface area contributed by atoms with Gasteiger partial charge in [-0.05, 0) is 56.1 Å². The van der Waals surface area contributed by atoms with Crippen molar-refractivity contribution < 1.29 is 0 Å². The smallest absolute Gasteiger partial charge is 0.0191 e. The van der Waals surface area contributed by atoms with Crippen molar-refractivity contribution in [2.24, 2.45) is 11.8 Å². The van der Waals surface area contributed by atoms with Gasteiger partial charge in [0.1, 0.15) is 0 Å². The van der Waals surface area contributed by atoms with Gasteiger partial charge in [0.15, 0.2) is 0 Å². The SMILES string of the molecule is C=C/C=C(\C=C/CC1CCC(C)CC1)C(/C=C\C(=C)C)=C/C. The normalized spacial score (nSPS) is 24.1. The molecule has 120 valence electrons. The summed E-state index contributed by atoms with van der Waals surface area (Å²) in [7, 11) is 0. The first-order valence-corrected chi connectivity index (χ1v) is 8.56. The van der Waals surface area contributed by atoms with Gasteiger partial charge in [0.05, 0.1) is 0 Å². The van der Waals surface area contributed by atoms with Crippen LogP contribution < -0.4 is 0 Å². The summed E-state index contributed by atoms with van der Waals surface area (Å²) in [6, 6.07) is 0. The minimum atomic E-state index is 0.873. The maximum atomic E-state index is 3.92. The van der Waals surface area contributed by atoms with E-state index < -0.39 is 0 Å². The second-order valence-electron chi connectivity index (χ2n) is 6.55. The van der Waals surface area contributed by atoms with Crippen molar-refractivity contribution in [2.45, 2.75) is 52.9 Å². The zero-order valence-corrected chi connectivity index (χ0v) is 14.6. The molecule has 22 heavy (non-hydrogen) atoms. The first kappa shape index (κ1) is 18.5. The molecule has 0 saturated heterocycles. The Morgan fingerprint density at radius 3 is 2.27 bits per heavy atom. The van der Waals surface area contributed by atoms with Gasteiger partial charge in [0.25, 0.3) is 0 Å². The molecule has 0 aromatic carbocycles. The summed E-state index contributed by atoms with van der Waals surface area (Å²) >= 11 is 0. The molecular formula is C22H32. The van der Waals surface area contributed by atoms with Crippen LogP contribution in [-0.2, 0) is 0 Å². The van der Waals surface area contributed by atoms with E-state index in [-0.39, 0.29) is 0 Å². The molecule has 0 radical (unpaired) electrons. The first-order valence-electron chi connectivity index (χ1n) is 8.56. The van der Waals surface area contributed by atoms with Gasteiger partial charge in [0.2, 0.25) is 0 Å². The van der Waals surface area contributed by atoms with E-state index in [4.69, 9.17) is 0 Å². The third-order valence-corrected chi connectivity index (χ3v) is 4.39. The summed E-state index contributed by atoms with van der Waals surface area (Å²) in [4.78, 5) is 0. The van der Waals surface area contributed by atoms with Gasteiger partial charge in [-0.2, -0.15) is 0 Å². The summed E-state index contributed by atoms with van der Waals surface area (Å²) in [6.07, 6.45) is 21.6. The Morgan fingerprint density at radius 1 is 1.05 bits per heavy atom. The molecule has 0 spiro atoms. The molecule has 1 saturated carbocycles. The Labute approximate surface area is 137 Å². The summed E-state index contributed by atoms with van der Waals surface area (Å²) < 4.78 is 0. The lowest BCUT2D eigenvalue weighted by atomic mass is 9.81. The fourth-order valence-corrected chi connectivity index (χ4v) is 2.92. The second-order valence-corrected chi connectivity index (χ2v) is 6.55. The number of allylic oxidation sites excluding steroid dienone is 10. The fraction of sp³-hybridized carbons (Fsp3) is 0.455. The minimum Gasteiger partial charge on any atom is -0.0990 e. The average Bonchev–Trinajstić information content (AvgIpc) is 2.49. The van der Waals surface area contributed by atoms with Crippen molar-refractivity contribution in [1.29, 1.82) is 0 Å². The number of hydrogen-bond acceptors (Lipinski definition) is 0. The van der Waals surface area contributed by atoms with Crippen LogP contribution in [0.3, 0.4) is 0 Å². The molecule has 0 unspecified atom stereocenters. The molecule has 1 aliphatic carbocycles. The minimum absolute atomic E-state index is 0.873. The molecule has 1 fully saturated rings. The molecule has 1 rings (SSSR count). The molecule has 0 atom stereocenters. The van der Waals surface area contributed by atoms with Crippen molar-refractivity contribution in [3.05, 3.63) is 72.4 Å². The summed E-state index contributed by atoms with van der Waals surface area (Å²) in [5.41, 5.74) is 3.51. The molecule has 0 nitrogen and oxygen atoms in total. The Bertz CT molecular complexity index is 474. The van der Waals surface area contributed by atoms with E-state index in [2.05, 4.69) is 63.5 Å². The lowest BCUT2D eigenvalue weighted by molar-refractivity contribution is 0.292. The van der Waals surface area contributed by atoms with Gasteiger partial charge in [-0.3, -0.25) is 0 Å². The quantitative estimate of drug-likeness (QED) is 0.446. The van der Waals surface area contributed by atoms with Crippen LogP contribution in [-0.4, -0.2) is 0 Å². The van der Waals surface area contributed by atoms with Crippen molar-refractivity contribution in [3.8, 4) is 0 Å². The molecule has 0 aliphatic heterocycles. The lowest BCUT2D eigenvalue weighted by Crippen LogP contribution is -2.11. The second kappa shape index (κ2) is 10.2. The van der Waals surface area contributed by atoms with Gasteiger partial charge in [-0.15, -0.1) is 0 Å². The number of hydrogen-bond donors (Lipinski definition) is 0. The van der Waals surface area contributed by atoms with Crippen LogP contribution in [0.15, 0.2) is 72.4 Å². The Kier molecular flexibility index (Phi) is 8.58. The third kappa shape index (κ3) is 6.93. The van der Waals surface area contributed by atoms with Gasteiger partial charge in [0, 0.05) is 0 Å². The van der Waals surface area contributed by atoms with Crippen LogP contribution in [0.2, 0.25) is 0 Å². The van der Waals surface area contributed by atoms with Crippen molar-refractivity contribution in [1.82, 2.24) is 0 Å². The lowest BCUT2D eigenvalue weighted by Gasteiger charge is -2.25. The Hall–Kier alpha value is -1.56. The molecule has 0 heteroatoms. The molecule has 0 bridgehead atoms.